The highest BCUT2D eigenvalue weighted by Gasteiger charge is 2.23. The van der Waals surface area contributed by atoms with E-state index in [1.54, 1.807) is 0 Å². The molecular formula is C17H27N3O2. The molecule has 1 unspecified atom stereocenters. The lowest BCUT2D eigenvalue weighted by Gasteiger charge is -2.32. The summed E-state index contributed by atoms with van der Waals surface area (Å²) >= 11 is 0. The molecule has 1 saturated heterocycles. The van der Waals surface area contributed by atoms with Crippen molar-refractivity contribution in [1.29, 1.82) is 0 Å². The van der Waals surface area contributed by atoms with Gasteiger partial charge in [0.1, 0.15) is 0 Å². The van der Waals surface area contributed by atoms with Crippen LogP contribution < -0.4 is 5.32 Å². The van der Waals surface area contributed by atoms with Crippen molar-refractivity contribution in [2.24, 2.45) is 5.92 Å². The number of likely N-dealkylation sites (tertiary alicyclic amines) is 1. The van der Waals surface area contributed by atoms with Crippen molar-refractivity contribution in [3.8, 4) is 0 Å². The van der Waals surface area contributed by atoms with Gasteiger partial charge in [-0.15, -0.1) is 0 Å². The number of benzene rings is 1. The van der Waals surface area contributed by atoms with E-state index < -0.39 is 0 Å². The molecule has 5 heteroatoms. The van der Waals surface area contributed by atoms with Crippen LogP contribution in [0.5, 0.6) is 0 Å². The fourth-order valence-corrected chi connectivity index (χ4v) is 2.89. The number of hydrogen-bond donors (Lipinski definition) is 2. The maximum atomic E-state index is 12.3. The van der Waals surface area contributed by atoms with Crippen LogP contribution in [0.3, 0.4) is 0 Å². The van der Waals surface area contributed by atoms with Gasteiger partial charge in [0.2, 0.25) is 0 Å². The standard InChI is InChI=1S/C17H27N3O2/c1-19(2)16(15-6-4-3-5-7-15)12-18-17(22)20-10-8-14(13-21)9-11-20/h3-7,14,16,21H,8-13H2,1-2H3,(H,18,22). The first kappa shape index (κ1) is 16.8. The van der Waals surface area contributed by atoms with Gasteiger partial charge in [-0.3, -0.25) is 0 Å². The molecule has 1 atom stereocenters. The Hall–Kier alpha value is -1.59. The van der Waals surface area contributed by atoms with Gasteiger partial charge in [-0.25, -0.2) is 4.79 Å². The molecule has 122 valence electrons. The summed E-state index contributed by atoms with van der Waals surface area (Å²) in [5.74, 6) is 0.350. The first-order valence-corrected chi connectivity index (χ1v) is 7.96. The molecule has 1 aliphatic rings. The number of carbonyl (C=O) groups is 1. The lowest BCUT2D eigenvalue weighted by Crippen LogP contribution is -2.46. The zero-order chi connectivity index (χ0) is 15.9. The van der Waals surface area contributed by atoms with Crippen LogP contribution in [-0.4, -0.2) is 61.3 Å². The Morgan fingerprint density at radius 1 is 1.32 bits per heavy atom. The molecule has 1 aromatic carbocycles. The quantitative estimate of drug-likeness (QED) is 0.870. The van der Waals surface area contributed by atoms with Crippen LogP contribution in [0.2, 0.25) is 0 Å². The van der Waals surface area contributed by atoms with Crippen molar-refractivity contribution in [2.45, 2.75) is 18.9 Å². The molecule has 1 aromatic rings. The summed E-state index contributed by atoms with van der Waals surface area (Å²) < 4.78 is 0. The van der Waals surface area contributed by atoms with E-state index >= 15 is 0 Å². The van der Waals surface area contributed by atoms with Crippen molar-refractivity contribution in [3.63, 3.8) is 0 Å². The van der Waals surface area contributed by atoms with Crippen LogP contribution in [0.1, 0.15) is 24.4 Å². The SMILES string of the molecule is CN(C)C(CNC(=O)N1CCC(CO)CC1)c1ccccc1. The summed E-state index contributed by atoms with van der Waals surface area (Å²) in [6.07, 6.45) is 1.78. The Bertz CT molecular complexity index is 456. The molecule has 2 N–H and O–H groups in total. The Kier molecular flexibility index (Phi) is 6.21. The van der Waals surface area contributed by atoms with Gasteiger partial charge in [-0.1, -0.05) is 30.3 Å². The van der Waals surface area contributed by atoms with Crippen molar-refractivity contribution < 1.29 is 9.90 Å². The Morgan fingerprint density at radius 3 is 2.50 bits per heavy atom. The summed E-state index contributed by atoms with van der Waals surface area (Å²) in [5, 5.41) is 12.2. The van der Waals surface area contributed by atoms with Crippen molar-refractivity contribution >= 4 is 6.03 Å². The predicted molar refractivity (Wildman–Crippen MR) is 87.7 cm³/mol. The molecule has 0 bridgehead atoms. The number of aliphatic hydroxyl groups excluding tert-OH is 1. The minimum atomic E-state index is -0.000768. The zero-order valence-corrected chi connectivity index (χ0v) is 13.5. The topological polar surface area (TPSA) is 55.8 Å². The molecule has 0 aromatic heterocycles. The lowest BCUT2D eigenvalue weighted by molar-refractivity contribution is 0.136. The molecule has 1 heterocycles. The number of nitrogens with one attached hydrogen (secondary N) is 1. The first-order valence-electron chi connectivity index (χ1n) is 7.96. The van der Waals surface area contributed by atoms with Crippen LogP contribution in [0.25, 0.3) is 0 Å². The summed E-state index contributed by atoms with van der Waals surface area (Å²) in [6.45, 7) is 2.28. The second kappa shape index (κ2) is 8.15. The second-order valence-electron chi connectivity index (χ2n) is 6.19. The molecule has 0 saturated carbocycles. The van der Waals surface area contributed by atoms with E-state index in [9.17, 15) is 4.79 Å². The zero-order valence-electron chi connectivity index (χ0n) is 13.5. The van der Waals surface area contributed by atoms with Crippen molar-refractivity contribution in [3.05, 3.63) is 35.9 Å². The average Bonchev–Trinajstić information content (AvgIpc) is 2.55. The number of hydrogen-bond acceptors (Lipinski definition) is 3. The Balaban J connectivity index is 1.86. The lowest BCUT2D eigenvalue weighted by atomic mass is 9.98. The summed E-state index contributed by atoms with van der Waals surface area (Å²) in [5.41, 5.74) is 1.20. The van der Waals surface area contributed by atoms with E-state index in [-0.39, 0.29) is 18.7 Å². The summed E-state index contributed by atoms with van der Waals surface area (Å²) in [7, 11) is 4.05. The Labute approximate surface area is 132 Å². The fraction of sp³-hybridized carbons (Fsp3) is 0.588. The molecule has 2 amide bonds. The third-order valence-electron chi connectivity index (χ3n) is 4.41. The number of carbonyl (C=O) groups excluding carboxylic acids is 1. The normalized spacial score (nSPS) is 17.5. The molecule has 1 fully saturated rings. The molecule has 0 spiro atoms. The van der Waals surface area contributed by atoms with E-state index in [0.717, 1.165) is 25.9 Å². The fourth-order valence-electron chi connectivity index (χ4n) is 2.89. The van der Waals surface area contributed by atoms with Gasteiger partial charge >= 0.3 is 6.03 Å². The summed E-state index contributed by atoms with van der Waals surface area (Å²) in [4.78, 5) is 16.3. The number of piperidine rings is 1. The molecule has 5 nitrogen and oxygen atoms in total. The number of likely N-dealkylation sites (N-methyl/N-ethyl adjacent to an activating group) is 1. The van der Waals surface area contributed by atoms with Crippen LogP contribution in [0.4, 0.5) is 4.79 Å². The van der Waals surface area contributed by atoms with E-state index in [2.05, 4.69) is 22.3 Å². The first-order chi connectivity index (χ1) is 10.6. The molecule has 2 rings (SSSR count). The molecular weight excluding hydrogens is 278 g/mol. The maximum absolute atomic E-state index is 12.3. The number of nitrogens with zero attached hydrogens (tertiary/aromatic N) is 2. The number of rotatable bonds is 5. The highest BCUT2D eigenvalue weighted by molar-refractivity contribution is 5.74. The van der Waals surface area contributed by atoms with Gasteiger partial charge in [0, 0.05) is 26.2 Å². The maximum Gasteiger partial charge on any atom is 0.317 e. The molecule has 22 heavy (non-hydrogen) atoms. The van der Waals surface area contributed by atoms with E-state index in [1.165, 1.54) is 5.56 Å². The summed E-state index contributed by atoms with van der Waals surface area (Å²) in [6, 6.07) is 10.4. The second-order valence-corrected chi connectivity index (χ2v) is 6.19. The van der Waals surface area contributed by atoms with Gasteiger partial charge in [-0.05, 0) is 38.4 Å². The number of aliphatic hydroxyl groups is 1. The minimum absolute atomic E-state index is 0.000768. The molecule has 1 aliphatic heterocycles. The van der Waals surface area contributed by atoms with Crippen LogP contribution in [0.15, 0.2) is 30.3 Å². The monoisotopic (exact) mass is 305 g/mol. The number of amides is 2. The highest BCUT2D eigenvalue weighted by atomic mass is 16.3. The van der Waals surface area contributed by atoms with Gasteiger partial charge in [0.25, 0.3) is 0 Å². The van der Waals surface area contributed by atoms with Crippen LogP contribution >= 0.6 is 0 Å². The van der Waals surface area contributed by atoms with Crippen LogP contribution in [0, 0.1) is 5.92 Å². The van der Waals surface area contributed by atoms with E-state index in [1.807, 2.05) is 37.2 Å². The van der Waals surface area contributed by atoms with E-state index in [4.69, 9.17) is 5.11 Å². The molecule has 0 radical (unpaired) electrons. The predicted octanol–water partition coefficient (Wildman–Crippen LogP) is 1.70. The number of urea groups is 1. The van der Waals surface area contributed by atoms with Gasteiger partial charge in [0.05, 0.1) is 6.04 Å². The largest absolute Gasteiger partial charge is 0.396 e. The third-order valence-corrected chi connectivity index (χ3v) is 4.41. The average molecular weight is 305 g/mol. The van der Waals surface area contributed by atoms with Crippen molar-refractivity contribution in [2.75, 3.05) is 40.3 Å². The Morgan fingerprint density at radius 2 is 1.95 bits per heavy atom. The van der Waals surface area contributed by atoms with Gasteiger partial charge < -0.3 is 20.2 Å². The smallest absolute Gasteiger partial charge is 0.317 e. The van der Waals surface area contributed by atoms with Crippen molar-refractivity contribution in [1.82, 2.24) is 15.1 Å². The van der Waals surface area contributed by atoms with E-state index in [0.29, 0.717) is 12.5 Å². The third kappa shape index (κ3) is 4.45. The molecule has 0 aliphatic carbocycles. The van der Waals surface area contributed by atoms with Gasteiger partial charge in [0.15, 0.2) is 0 Å². The minimum Gasteiger partial charge on any atom is -0.396 e. The van der Waals surface area contributed by atoms with Gasteiger partial charge in [-0.2, -0.15) is 0 Å². The highest BCUT2D eigenvalue weighted by Crippen LogP contribution is 2.18. The van der Waals surface area contributed by atoms with Crippen LogP contribution in [-0.2, 0) is 0 Å².